The summed E-state index contributed by atoms with van der Waals surface area (Å²) in [5.74, 6) is 2.23. The Labute approximate surface area is 153 Å². The first-order chi connectivity index (χ1) is 12.7. The maximum Gasteiger partial charge on any atom is 0.267 e. The average molecular weight is 371 g/mol. The van der Waals surface area contributed by atoms with Crippen LogP contribution in [-0.4, -0.2) is 33.4 Å². The molecule has 2 aromatic heterocycles. The molecule has 4 aromatic rings. The van der Waals surface area contributed by atoms with Crippen LogP contribution in [0.2, 0.25) is 0 Å². The van der Waals surface area contributed by atoms with Crippen molar-refractivity contribution in [2.75, 3.05) is 14.2 Å². The van der Waals surface area contributed by atoms with Crippen LogP contribution in [0.4, 0.5) is 0 Å². The minimum atomic E-state index is -0.211. The fraction of sp³-hybridized carbons (Fsp3) is 0.167. The van der Waals surface area contributed by atoms with E-state index in [-0.39, 0.29) is 11.4 Å². The van der Waals surface area contributed by atoms with Crippen LogP contribution in [0, 0.1) is 0 Å². The Hall–Kier alpha value is -3.06. The molecular weight excluding hydrogens is 356 g/mol. The molecule has 26 heavy (non-hydrogen) atoms. The van der Waals surface area contributed by atoms with E-state index in [1.807, 2.05) is 18.2 Å². The van der Waals surface area contributed by atoms with Crippen LogP contribution in [-0.2, 0) is 5.88 Å². The molecule has 2 heterocycles. The first-order valence-electron chi connectivity index (χ1n) is 7.85. The highest BCUT2D eigenvalue weighted by molar-refractivity contribution is 6.16. The number of fused-ring (bicyclic) bond motifs is 3. The fourth-order valence-electron chi connectivity index (χ4n) is 3.00. The second kappa shape index (κ2) is 6.34. The third-order valence-electron chi connectivity index (χ3n) is 4.21. The van der Waals surface area contributed by atoms with Crippen molar-refractivity contribution in [3.05, 3.63) is 58.6 Å². The maximum atomic E-state index is 13.2. The van der Waals surface area contributed by atoms with E-state index in [0.717, 1.165) is 0 Å². The van der Waals surface area contributed by atoms with Crippen LogP contribution in [0.3, 0.4) is 0 Å². The van der Waals surface area contributed by atoms with Crippen molar-refractivity contribution in [2.45, 2.75) is 5.88 Å². The molecule has 8 heteroatoms. The molecule has 0 fully saturated rings. The van der Waals surface area contributed by atoms with Gasteiger partial charge in [0, 0.05) is 18.2 Å². The summed E-state index contributed by atoms with van der Waals surface area (Å²) < 4.78 is 13.9. The zero-order valence-electron chi connectivity index (χ0n) is 14.1. The number of para-hydroxylation sites is 1. The van der Waals surface area contributed by atoms with Gasteiger partial charge in [-0.15, -0.1) is 21.8 Å². The lowest BCUT2D eigenvalue weighted by atomic mass is 10.2. The number of benzene rings is 2. The first kappa shape index (κ1) is 16.4. The third kappa shape index (κ3) is 2.40. The van der Waals surface area contributed by atoms with E-state index in [1.165, 1.54) is 4.57 Å². The minimum Gasteiger partial charge on any atom is -0.497 e. The lowest BCUT2D eigenvalue weighted by Crippen LogP contribution is -2.22. The Kier molecular flexibility index (Phi) is 4.00. The lowest BCUT2D eigenvalue weighted by Gasteiger charge is -2.13. The van der Waals surface area contributed by atoms with E-state index in [2.05, 4.69) is 10.2 Å². The molecule has 0 atom stereocenters. The van der Waals surface area contributed by atoms with Crippen molar-refractivity contribution in [1.82, 2.24) is 19.2 Å². The van der Waals surface area contributed by atoms with Gasteiger partial charge in [0.1, 0.15) is 11.5 Å². The van der Waals surface area contributed by atoms with E-state index in [1.54, 1.807) is 42.9 Å². The van der Waals surface area contributed by atoms with Gasteiger partial charge in [-0.25, -0.2) is 4.57 Å². The number of nitrogens with zero attached hydrogens (tertiary/aromatic N) is 4. The summed E-state index contributed by atoms with van der Waals surface area (Å²) in [5.41, 5.74) is 1.06. The van der Waals surface area contributed by atoms with Gasteiger partial charge in [0.05, 0.1) is 36.7 Å². The zero-order valence-corrected chi connectivity index (χ0v) is 14.9. The van der Waals surface area contributed by atoms with Gasteiger partial charge in [-0.3, -0.25) is 9.20 Å². The normalized spacial score (nSPS) is 11.2. The number of methoxy groups -OCH3 is 2. The molecule has 2 aromatic carbocycles. The molecular formula is C18H15ClN4O3. The topological polar surface area (TPSA) is 70.7 Å². The molecule has 0 aliphatic heterocycles. The Balaban J connectivity index is 2.18. The molecule has 0 radical (unpaired) electrons. The Bertz CT molecular complexity index is 1160. The van der Waals surface area contributed by atoms with Crippen molar-refractivity contribution in [3.63, 3.8) is 0 Å². The van der Waals surface area contributed by atoms with Gasteiger partial charge in [-0.1, -0.05) is 12.1 Å². The molecule has 0 aliphatic rings. The van der Waals surface area contributed by atoms with Crippen LogP contribution in [0.25, 0.3) is 22.4 Å². The summed E-state index contributed by atoms with van der Waals surface area (Å²) in [6, 6.07) is 12.5. The molecule has 0 spiro atoms. The predicted octanol–water partition coefficient (Wildman–Crippen LogP) is 2.79. The van der Waals surface area contributed by atoms with Gasteiger partial charge < -0.3 is 9.47 Å². The molecule has 0 unspecified atom stereocenters. The van der Waals surface area contributed by atoms with Crippen LogP contribution in [0.1, 0.15) is 5.82 Å². The molecule has 4 rings (SSSR count). The molecule has 0 saturated carbocycles. The zero-order chi connectivity index (χ0) is 18.3. The third-order valence-corrected chi connectivity index (χ3v) is 4.44. The maximum absolute atomic E-state index is 13.2. The van der Waals surface area contributed by atoms with Crippen LogP contribution in [0.5, 0.6) is 11.5 Å². The molecule has 0 aliphatic carbocycles. The molecule has 0 amide bonds. The number of hydrogen-bond donors (Lipinski definition) is 0. The fourth-order valence-corrected chi connectivity index (χ4v) is 3.17. The number of rotatable bonds is 4. The SMILES string of the molecule is COc1cc(OC)cc(-n2c(=O)c3ccccc3n3c(CCl)nnc23)c1. The Morgan fingerprint density at radius 1 is 1.04 bits per heavy atom. The van der Waals surface area contributed by atoms with E-state index >= 15 is 0 Å². The largest absolute Gasteiger partial charge is 0.497 e. The van der Waals surface area contributed by atoms with Crippen LogP contribution in [0.15, 0.2) is 47.3 Å². The smallest absolute Gasteiger partial charge is 0.267 e. The average Bonchev–Trinajstić information content (AvgIpc) is 3.11. The summed E-state index contributed by atoms with van der Waals surface area (Å²) in [6.45, 7) is 0. The van der Waals surface area contributed by atoms with Crippen molar-refractivity contribution in [1.29, 1.82) is 0 Å². The number of hydrogen-bond acceptors (Lipinski definition) is 5. The molecule has 0 saturated heterocycles. The molecule has 7 nitrogen and oxygen atoms in total. The van der Waals surface area contributed by atoms with Gasteiger partial charge in [0.2, 0.25) is 5.78 Å². The highest BCUT2D eigenvalue weighted by atomic mass is 35.5. The van der Waals surface area contributed by atoms with Crippen LogP contribution >= 0.6 is 11.6 Å². The summed E-state index contributed by atoms with van der Waals surface area (Å²) in [4.78, 5) is 13.2. The van der Waals surface area contributed by atoms with Gasteiger partial charge in [-0.2, -0.15) is 0 Å². The van der Waals surface area contributed by atoms with E-state index in [4.69, 9.17) is 21.1 Å². The lowest BCUT2D eigenvalue weighted by molar-refractivity contribution is 0.394. The second-order valence-electron chi connectivity index (χ2n) is 5.61. The van der Waals surface area contributed by atoms with Crippen LogP contribution < -0.4 is 15.0 Å². The number of alkyl halides is 1. The van der Waals surface area contributed by atoms with Gasteiger partial charge >= 0.3 is 0 Å². The molecule has 0 N–H and O–H groups in total. The van der Waals surface area contributed by atoms with Gasteiger partial charge in [0.25, 0.3) is 5.56 Å². The Morgan fingerprint density at radius 2 is 1.73 bits per heavy atom. The number of aromatic nitrogens is 4. The first-order valence-corrected chi connectivity index (χ1v) is 8.38. The highest BCUT2D eigenvalue weighted by Crippen LogP contribution is 2.26. The second-order valence-corrected chi connectivity index (χ2v) is 5.88. The minimum absolute atomic E-state index is 0.171. The van der Waals surface area contributed by atoms with Crippen molar-refractivity contribution in [3.8, 4) is 17.2 Å². The van der Waals surface area contributed by atoms with E-state index in [9.17, 15) is 4.79 Å². The number of ether oxygens (including phenoxy) is 2. The van der Waals surface area contributed by atoms with Gasteiger partial charge in [-0.05, 0) is 12.1 Å². The standard InChI is InChI=1S/C18H15ClN4O3/c1-25-12-7-11(8-13(9-12)26-2)22-17(24)14-5-3-4-6-15(14)23-16(10-19)20-21-18(22)23/h3-9H,10H2,1-2H3. The molecule has 132 valence electrons. The summed E-state index contributed by atoms with van der Waals surface area (Å²) in [5, 5.41) is 8.87. The van der Waals surface area contributed by atoms with Gasteiger partial charge in [0.15, 0.2) is 5.82 Å². The van der Waals surface area contributed by atoms with Crippen molar-refractivity contribution >= 4 is 28.3 Å². The van der Waals surface area contributed by atoms with E-state index in [0.29, 0.717) is 39.7 Å². The highest BCUT2D eigenvalue weighted by Gasteiger charge is 2.18. The van der Waals surface area contributed by atoms with E-state index < -0.39 is 0 Å². The van der Waals surface area contributed by atoms with Crippen molar-refractivity contribution in [2.24, 2.45) is 0 Å². The summed E-state index contributed by atoms with van der Waals surface area (Å²) >= 11 is 6.03. The molecule has 0 bridgehead atoms. The Morgan fingerprint density at radius 3 is 2.38 bits per heavy atom. The quantitative estimate of drug-likeness (QED) is 0.516. The monoisotopic (exact) mass is 370 g/mol. The predicted molar refractivity (Wildman–Crippen MR) is 98.8 cm³/mol. The summed E-state index contributed by atoms with van der Waals surface area (Å²) in [7, 11) is 3.11. The van der Waals surface area contributed by atoms with Crippen molar-refractivity contribution < 1.29 is 9.47 Å². The summed E-state index contributed by atoms with van der Waals surface area (Å²) in [6.07, 6.45) is 0. The number of halogens is 1.